The van der Waals surface area contributed by atoms with E-state index in [1.165, 1.54) is 0 Å². The van der Waals surface area contributed by atoms with Crippen molar-refractivity contribution >= 4 is 11.8 Å². The van der Waals surface area contributed by atoms with Gasteiger partial charge < -0.3 is 10.2 Å². The second kappa shape index (κ2) is 5.07. The van der Waals surface area contributed by atoms with Gasteiger partial charge in [0.25, 0.3) is 0 Å². The van der Waals surface area contributed by atoms with Gasteiger partial charge in [-0.15, -0.1) is 0 Å². The lowest BCUT2D eigenvalue weighted by Gasteiger charge is -2.18. The number of hydrogen-bond donors (Lipinski definition) is 1. The van der Waals surface area contributed by atoms with Crippen molar-refractivity contribution in [2.45, 2.75) is 45.6 Å². The maximum Gasteiger partial charge on any atom is 0.225 e. The highest BCUT2D eigenvalue weighted by Crippen LogP contribution is 2.23. The molecule has 1 atom stereocenters. The third-order valence-corrected chi connectivity index (χ3v) is 3.51. The van der Waals surface area contributed by atoms with E-state index in [0.717, 1.165) is 32.4 Å². The zero-order valence-corrected chi connectivity index (χ0v) is 10.7. The van der Waals surface area contributed by atoms with Gasteiger partial charge in [0.1, 0.15) is 0 Å². The van der Waals surface area contributed by atoms with Gasteiger partial charge in [-0.2, -0.15) is 0 Å². The van der Waals surface area contributed by atoms with Crippen molar-refractivity contribution in [3.8, 4) is 0 Å². The minimum absolute atomic E-state index is 0.0639. The van der Waals surface area contributed by atoms with E-state index in [1.54, 1.807) is 0 Å². The quantitative estimate of drug-likeness (QED) is 0.799. The second-order valence-corrected chi connectivity index (χ2v) is 5.64. The molecule has 1 saturated carbocycles. The molecule has 96 valence electrons. The molecule has 0 radical (unpaired) electrons. The molecular formula is C13H22N2O2. The molecule has 17 heavy (non-hydrogen) atoms. The van der Waals surface area contributed by atoms with Gasteiger partial charge in [0.05, 0.1) is 0 Å². The highest BCUT2D eigenvalue weighted by molar-refractivity contribution is 5.79. The van der Waals surface area contributed by atoms with Crippen LogP contribution in [0.25, 0.3) is 0 Å². The first-order valence-electron chi connectivity index (χ1n) is 6.64. The fourth-order valence-electron chi connectivity index (χ4n) is 2.34. The van der Waals surface area contributed by atoms with Gasteiger partial charge in [-0.3, -0.25) is 9.59 Å². The Labute approximate surface area is 103 Å². The van der Waals surface area contributed by atoms with Crippen LogP contribution in [0.2, 0.25) is 0 Å². The molecule has 4 nitrogen and oxygen atoms in total. The summed E-state index contributed by atoms with van der Waals surface area (Å²) in [6, 6.07) is 0.442. The van der Waals surface area contributed by atoms with Gasteiger partial charge in [0.15, 0.2) is 0 Å². The number of carbonyl (C=O) groups is 2. The summed E-state index contributed by atoms with van der Waals surface area (Å²) in [5, 5.41) is 3.01. The lowest BCUT2D eigenvalue weighted by molar-refractivity contribution is -0.133. The summed E-state index contributed by atoms with van der Waals surface area (Å²) < 4.78 is 0. The number of likely N-dealkylation sites (tertiary alicyclic amines) is 1. The fraction of sp³-hybridized carbons (Fsp3) is 0.846. The lowest BCUT2D eigenvalue weighted by Crippen LogP contribution is -2.33. The number of hydrogen-bond acceptors (Lipinski definition) is 2. The summed E-state index contributed by atoms with van der Waals surface area (Å²) in [6.07, 6.45) is 3.82. The molecule has 2 aliphatic rings. The summed E-state index contributed by atoms with van der Waals surface area (Å²) in [4.78, 5) is 25.3. The molecule has 1 N–H and O–H groups in total. The van der Waals surface area contributed by atoms with Crippen LogP contribution in [0.5, 0.6) is 0 Å². The molecule has 0 aromatic carbocycles. The van der Waals surface area contributed by atoms with Crippen LogP contribution in [0.4, 0.5) is 0 Å². The number of carbonyl (C=O) groups excluding carboxylic acids is 2. The van der Waals surface area contributed by atoms with Crippen LogP contribution in [0.1, 0.15) is 39.5 Å². The number of nitrogens with one attached hydrogen (secondary N) is 1. The van der Waals surface area contributed by atoms with Crippen molar-refractivity contribution in [1.29, 1.82) is 0 Å². The Hall–Kier alpha value is -1.06. The Morgan fingerprint density at radius 3 is 2.59 bits per heavy atom. The maximum atomic E-state index is 11.8. The van der Waals surface area contributed by atoms with E-state index in [4.69, 9.17) is 0 Å². The minimum Gasteiger partial charge on any atom is -0.353 e. The van der Waals surface area contributed by atoms with E-state index in [9.17, 15) is 9.59 Å². The molecule has 0 bridgehead atoms. The summed E-state index contributed by atoms with van der Waals surface area (Å²) in [6.45, 7) is 5.43. The highest BCUT2D eigenvalue weighted by Gasteiger charge is 2.30. The SMILES string of the molecule is CC(C)C(=O)N1CCC(CC(=O)NC2CC2)C1. The van der Waals surface area contributed by atoms with E-state index in [2.05, 4.69) is 5.32 Å². The van der Waals surface area contributed by atoms with E-state index in [0.29, 0.717) is 18.4 Å². The Morgan fingerprint density at radius 2 is 2.00 bits per heavy atom. The van der Waals surface area contributed by atoms with Crippen LogP contribution < -0.4 is 5.32 Å². The third kappa shape index (κ3) is 3.45. The molecule has 1 aliphatic carbocycles. The van der Waals surface area contributed by atoms with Crippen LogP contribution in [0.3, 0.4) is 0 Å². The monoisotopic (exact) mass is 238 g/mol. The zero-order valence-electron chi connectivity index (χ0n) is 10.7. The summed E-state index contributed by atoms with van der Waals surface area (Å²) in [7, 11) is 0. The zero-order chi connectivity index (χ0) is 12.4. The van der Waals surface area contributed by atoms with Gasteiger partial charge in [-0.25, -0.2) is 0 Å². The normalized spacial score (nSPS) is 24.2. The van der Waals surface area contributed by atoms with Crippen LogP contribution in [-0.2, 0) is 9.59 Å². The van der Waals surface area contributed by atoms with Gasteiger partial charge in [0, 0.05) is 31.5 Å². The topological polar surface area (TPSA) is 49.4 Å². The molecule has 1 saturated heterocycles. The fourth-order valence-corrected chi connectivity index (χ4v) is 2.34. The van der Waals surface area contributed by atoms with Gasteiger partial charge in [0.2, 0.25) is 11.8 Å². The molecule has 2 fully saturated rings. The molecule has 0 spiro atoms. The first-order chi connectivity index (χ1) is 8.06. The summed E-state index contributed by atoms with van der Waals surface area (Å²) >= 11 is 0. The maximum absolute atomic E-state index is 11.8. The third-order valence-electron chi connectivity index (χ3n) is 3.51. The first-order valence-corrected chi connectivity index (χ1v) is 6.64. The predicted octanol–water partition coefficient (Wildman–Crippen LogP) is 1.16. The Morgan fingerprint density at radius 1 is 1.29 bits per heavy atom. The largest absolute Gasteiger partial charge is 0.353 e. The minimum atomic E-state index is 0.0639. The van der Waals surface area contributed by atoms with Crippen LogP contribution in [-0.4, -0.2) is 35.8 Å². The van der Waals surface area contributed by atoms with Gasteiger partial charge in [-0.05, 0) is 25.2 Å². The standard InChI is InChI=1S/C13H22N2O2/c1-9(2)13(17)15-6-5-10(8-15)7-12(16)14-11-3-4-11/h9-11H,3-8H2,1-2H3,(H,14,16). The second-order valence-electron chi connectivity index (χ2n) is 5.64. The average molecular weight is 238 g/mol. The molecule has 4 heteroatoms. The van der Waals surface area contributed by atoms with Gasteiger partial charge >= 0.3 is 0 Å². The van der Waals surface area contributed by atoms with Crippen LogP contribution >= 0.6 is 0 Å². The van der Waals surface area contributed by atoms with Crippen molar-refractivity contribution in [3.63, 3.8) is 0 Å². The predicted molar refractivity (Wildman–Crippen MR) is 65.3 cm³/mol. The van der Waals surface area contributed by atoms with Crippen LogP contribution in [0.15, 0.2) is 0 Å². The van der Waals surface area contributed by atoms with Crippen molar-refractivity contribution in [2.24, 2.45) is 11.8 Å². The Bertz CT molecular complexity index is 311. The van der Waals surface area contributed by atoms with Crippen LogP contribution in [0, 0.1) is 11.8 Å². The highest BCUT2D eigenvalue weighted by atomic mass is 16.2. The van der Waals surface area contributed by atoms with Crippen molar-refractivity contribution in [3.05, 3.63) is 0 Å². The molecule has 2 amide bonds. The molecule has 0 aromatic rings. The van der Waals surface area contributed by atoms with Crippen molar-refractivity contribution < 1.29 is 9.59 Å². The average Bonchev–Trinajstić information content (AvgIpc) is 2.94. The smallest absolute Gasteiger partial charge is 0.225 e. The molecule has 0 aromatic heterocycles. The van der Waals surface area contributed by atoms with Crippen molar-refractivity contribution in [1.82, 2.24) is 10.2 Å². The molecule has 1 unspecified atom stereocenters. The van der Waals surface area contributed by atoms with E-state index < -0.39 is 0 Å². The van der Waals surface area contributed by atoms with E-state index in [-0.39, 0.29) is 17.7 Å². The number of rotatable bonds is 4. The van der Waals surface area contributed by atoms with Gasteiger partial charge in [-0.1, -0.05) is 13.8 Å². The number of amides is 2. The van der Waals surface area contributed by atoms with Crippen molar-refractivity contribution in [2.75, 3.05) is 13.1 Å². The first kappa shape index (κ1) is 12.4. The lowest BCUT2D eigenvalue weighted by atomic mass is 10.0. The molecule has 1 heterocycles. The summed E-state index contributed by atoms with van der Waals surface area (Å²) in [5.41, 5.74) is 0. The van der Waals surface area contributed by atoms with E-state index >= 15 is 0 Å². The molecular weight excluding hydrogens is 216 g/mol. The Balaban J connectivity index is 1.73. The Kier molecular flexibility index (Phi) is 3.69. The molecule has 1 aliphatic heterocycles. The van der Waals surface area contributed by atoms with E-state index in [1.807, 2.05) is 18.7 Å². The number of nitrogens with zero attached hydrogens (tertiary/aromatic N) is 1. The summed E-state index contributed by atoms with van der Waals surface area (Å²) in [5.74, 6) is 0.803. The molecule has 2 rings (SSSR count).